The second-order valence-electron chi connectivity index (χ2n) is 3.10. The van der Waals surface area contributed by atoms with Crippen molar-refractivity contribution in [3.8, 4) is 0 Å². The minimum Gasteiger partial charge on any atom is -0.464 e. The molecule has 1 aromatic heterocycles. The predicted octanol–water partition coefficient (Wildman–Crippen LogP) is 0.182. The minimum absolute atomic E-state index is 0.332. The molecule has 78 valence electrons. The van der Waals surface area contributed by atoms with E-state index in [1.54, 1.807) is 19.2 Å². The molecule has 0 aliphatic carbocycles. The summed E-state index contributed by atoms with van der Waals surface area (Å²) in [6.07, 6.45) is 0.931. The van der Waals surface area contributed by atoms with Gasteiger partial charge < -0.3 is 20.6 Å². The summed E-state index contributed by atoms with van der Waals surface area (Å²) in [5.74, 6) is -0.450. The molecule has 0 aliphatic rings. The van der Waals surface area contributed by atoms with Gasteiger partial charge in [0.2, 0.25) is 0 Å². The second kappa shape index (κ2) is 4.26. The summed E-state index contributed by atoms with van der Waals surface area (Å²) in [4.78, 5) is 13.8. The van der Waals surface area contributed by atoms with Gasteiger partial charge in [0.15, 0.2) is 0 Å². The van der Waals surface area contributed by atoms with Gasteiger partial charge in [0, 0.05) is 6.20 Å². The minimum atomic E-state index is -0.656. The quantitative estimate of drug-likeness (QED) is 0.604. The zero-order valence-corrected chi connectivity index (χ0v) is 8.15. The lowest BCUT2D eigenvalue weighted by atomic mass is 10.1. The number of aliphatic hydroxyl groups excluding tert-OH is 1. The van der Waals surface area contributed by atoms with Crippen LogP contribution in [0.2, 0.25) is 0 Å². The first-order valence-electron chi connectivity index (χ1n) is 4.26. The number of aromatic amines is 1. The Bertz CT molecular complexity index is 320. The van der Waals surface area contributed by atoms with Gasteiger partial charge in [-0.3, -0.25) is 0 Å². The Kier molecular flexibility index (Phi) is 3.27. The van der Waals surface area contributed by atoms with Crippen LogP contribution < -0.4 is 5.73 Å². The molecule has 1 heterocycles. The highest BCUT2D eigenvalue weighted by molar-refractivity contribution is 5.87. The number of hydrogen-bond donors (Lipinski definition) is 3. The second-order valence-corrected chi connectivity index (χ2v) is 3.10. The molecule has 0 aliphatic heterocycles. The molecular weight excluding hydrogens is 184 g/mol. The van der Waals surface area contributed by atoms with Gasteiger partial charge in [-0.1, -0.05) is 0 Å². The Morgan fingerprint density at radius 1 is 1.71 bits per heavy atom. The molecule has 0 amide bonds. The van der Waals surface area contributed by atoms with Crippen molar-refractivity contribution < 1.29 is 14.6 Å². The van der Waals surface area contributed by atoms with Crippen LogP contribution in [0.5, 0.6) is 0 Å². The summed E-state index contributed by atoms with van der Waals surface area (Å²) in [7, 11) is 1.30. The summed E-state index contributed by atoms with van der Waals surface area (Å²) in [6.45, 7) is 1.59. The van der Waals surface area contributed by atoms with Crippen LogP contribution in [0.15, 0.2) is 12.3 Å². The average molecular weight is 198 g/mol. The van der Waals surface area contributed by atoms with Gasteiger partial charge in [0.25, 0.3) is 0 Å². The molecule has 14 heavy (non-hydrogen) atoms. The third kappa shape index (κ3) is 2.12. The lowest BCUT2D eigenvalue weighted by Gasteiger charge is -2.11. The van der Waals surface area contributed by atoms with Crippen molar-refractivity contribution in [1.29, 1.82) is 0 Å². The van der Waals surface area contributed by atoms with Crippen molar-refractivity contribution in [2.45, 2.75) is 19.1 Å². The Hall–Kier alpha value is -1.33. The molecule has 5 heteroatoms. The van der Waals surface area contributed by atoms with Crippen molar-refractivity contribution in [3.63, 3.8) is 0 Å². The van der Waals surface area contributed by atoms with Crippen LogP contribution in [0, 0.1) is 0 Å². The van der Waals surface area contributed by atoms with Crippen molar-refractivity contribution in [3.05, 3.63) is 23.5 Å². The molecule has 0 radical (unpaired) electrons. The van der Waals surface area contributed by atoms with E-state index in [1.165, 1.54) is 7.11 Å². The first-order chi connectivity index (χ1) is 6.56. The number of H-pyrrole nitrogens is 1. The molecule has 0 saturated carbocycles. The molecule has 1 rings (SSSR count). The molecule has 1 aromatic rings. The third-order valence-corrected chi connectivity index (χ3v) is 2.02. The molecule has 0 spiro atoms. The Labute approximate surface area is 81.9 Å². The lowest BCUT2D eigenvalue weighted by Crippen LogP contribution is -2.22. The van der Waals surface area contributed by atoms with E-state index in [-0.39, 0.29) is 0 Å². The zero-order chi connectivity index (χ0) is 10.7. The lowest BCUT2D eigenvalue weighted by molar-refractivity contribution is 0.0594. The van der Waals surface area contributed by atoms with E-state index in [1.807, 2.05) is 0 Å². The van der Waals surface area contributed by atoms with E-state index in [4.69, 9.17) is 5.73 Å². The number of aliphatic hydroxyl groups is 1. The number of nitrogens with one attached hydrogen (secondary N) is 1. The maximum atomic E-state index is 11.1. The van der Waals surface area contributed by atoms with Gasteiger partial charge in [-0.15, -0.1) is 0 Å². The standard InChI is InChI=1S/C9H14N2O3/c1-5(12)8(10)6-3-7(11-4-6)9(13)14-2/h3-5,8,11-12H,10H2,1-2H3. The van der Waals surface area contributed by atoms with Crippen molar-refractivity contribution in [2.24, 2.45) is 5.73 Å². The average Bonchev–Trinajstić information content (AvgIpc) is 2.64. The monoisotopic (exact) mass is 198 g/mol. The van der Waals surface area contributed by atoms with Crippen LogP contribution in [-0.2, 0) is 4.74 Å². The van der Waals surface area contributed by atoms with Crippen LogP contribution in [-0.4, -0.2) is 29.3 Å². The van der Waals surface area contributed by atoms with Gasteiger partial charge in [0.1, 0.15) is 5.69 Å². The molecule has 2 unspecified atom stereocenters. The number of carbonyl (C=O) groups is 1. The van der Waals surface area contributed by atoms with E-state index >= 15 is 0 Å². The van der Waals surface area contributed by atoms with E-state index < -0.39 is 18.1 Å². The molecule has 0 bridgehead atoms. The van der Waals surface area contributed by atoms with Gasteiger partial charge in [0.05, 0.1) is 19.3 Å². The fourth-order valence-corrected chi connectivity index (χ4v) is 1.11. The highest BCUT2D eigenvalue weighted by Gasteiger charge is 2.16. The Morgan fingerprint density at radius 2 is 2.36 bits per heavy atom. The number of aromatic nitrogens is 1. The number of rotatable bonds is 3. The van der Waals surface area contributed by atoms with E-state index in [2.05, 4.69) is 9.72 Å². The maximum absolute atomic E-state index is 11.1. The fraction of sp³-hybridized carbons (Fsp3) is 0.444. The first kappa shape index (κ1) is 10.7. The summed E-state index contributed by atoms with van der Waals surface area (Å²) >= 11 is 0. The Balaban J connectivity index is 2.82. The summed E-state index contributed by atoms with van der Waals surface area (Å²) < 4.78 is 4.52. The molecule has 2 atom stereocenters. The number of ether oxygens (including phenoxy) is 1. The van der Waals surface area contributed by atoms with Gasteiger partial charge >= 0.3 is 5.97 Å². The predicted molar refractivity (Wildman–Crippen MR) is 50.7 cm³/mol. The number of methoxy groups -OCH3 is 1. The first-order valence-corrected chi connectivity index (χ1v) is 4.26. The Morgan fingerprint density at radius 3 is 2.86 bits per heavy atom. The normalized spacial score (nSPS) is 14.9. The van der Waals surface area contributed by atoms with Crippen molar-refractivity contribution >= 4 is 5.97 Å². The van der Waals surface area contributed by atoms with Gasteiger partial charge in [-0.05, 0) is 18.6 Å². The molecule has 0 saturated heterocycles. The smallest absolute Gasteiger partial charge is 0.354 e. The summed E-state index contributed by atoms with van der Waals surface area (Å²) in [5, 5.41) is 9.22. The summed E-state index contributed by atoms with van der Waals surface area (Å²) in [5.41, 5.74) is 6.68. The van der Waals surface area contributed by atoms with Crippen LogP contribution in [0.25, 0.3) is 0 Å². The SMILES string of the molecule is COC(=O)c1cc(C(N)C(C)O)c[nH]1. The highest BCUT2D eigenvalue weighted by atomic mass is 16.5. The number of hydrogen-bond acceptors (Lipinski definition) is 4. The number of nitrogens with two attached hydrogens (primary N) is 1. The highest BCUT2D eigenvalue weighted by Crippen LogP contribution is 2.15. The van der Waals surface area contributed by atoms with Crippen molar-refractivity contribution in [1.82, 2.24) is 4.98 Å². The molecular formula is C9H14N2O3. The molecule has 4 N–H and O–H groups in total. The van der Waals surface area contributed by atoms with Crippen LogP contribution in [0.4, 0.5) is 0 Å². The van der Waals surface area contributed by atoms with Gasteiger partial charge in [-0.2, -0.15) is 0 Å². The molecule has 5 nitrogen and oxygen atoms in total. The number of carbonyl (C=O) groups excluding carboxylic acids is 1. The maximum Gasteiger partial charge on any atom is 0.354 e. The molecule has 0 fully saturated rings. The van der Waals surface area contributed by atoms with Crippen LogP contribution >= 0.6 is 0 Å². The van der Waals surface area contributed by atoms with Crippen molar-refractivity contribution in [2.75, 3.05) is 7.11 Å². The largest absolute Gasteiger partial charge is 0.464 e. The fourth-order valence-electron chi connectivity index (χ4n) is 1.11. The zero-order valence-electron chi connectivity index (χ0n) is 8.15. The summed E-state index contributed by atoms with van der Waals surface area (Å²) in [6, 6.07) is 1.08. The van der Waals surface area contributed by atoms with Crippen LogP contribution in [0.1, 0.15) is 29.0 Å². The van der Waals surface area contributed by atoms with Gasteiger partial charge in [-0.25, -0.2) is 4.79 Å². The van der Waals surface area contributed by atoms with E-state index in [0.717, 1.165) is 0 Å². The third-order valence-electron chi connectivity index (χ3n) is 2.02. The van der Waals surface area contributed by atoms with Crippen LogP contribution in [0.3, 0.4) is 0 Å². The van der Waals surface area contributed by atoms with E-state index in [9.17, 15) is 9.90 Å². The number of esters is 1. The van der Waals surface area contributed by atoms with E-state index in [0.29, 0.717) is 11.3 Å². The topological polar surface area (TPSA) is 88.3 Å². The molecule has 0 aromatic carbocycles.